The molecule has 0 atom stereocenters. The molecule has 8 nitrogen and oxygen atoms in total. The number of amides is 1. The van der Waals surface area contributed by atoms with Gasteiger partial charge in [0.1, 0.15) is 11.5 Å². The summed E-state index contributed by atoms with van der Waals surface area (Å²) in [7, 11) is 0. The lowest BCUT2D eigenvalue weighted by molar-refractivity contribution is 0.102. The Labute approximate surface area is 171 Å². The van der Waals surface area contributed by atoms with Crippen molar-refractivity contribution in [1.82, 2.24) is 9.97 Å². The summed E-state index contributed by atoms with van der Waals surface area (Å²) in [5.74, 6) is 2.07. The molecule has 4 heterocycles. The van der Waals surface area contributed by atoms with Crippen molar-refractivity contribution in [3.05, 3.63) is 53.7 Å². The van der Waals surface area contributed by atoms with Gasteiger partial charge in [-0.25, -0.2) is 9.97 Å². The van der Waals surface area contributed by atoms with Crippen molar-refractivity contribution in [2.45, 2.75) is 0 Å². The Balaban J connectivity index is 1.21. The fourth-order valence-corrected chi connectivity index (χ4v) is 4.21. The summed E-state index contributed by atoms with van der Waals surface area (Å²) in [6, 6.07) is 11.3. The van der Waals surface area contributed by atoms with E-state index >= 15 is 0 Å². The Kier molecular flexibility index (Phi) is 4.65. The van der Waals surface area contributed by atoms with E-state index in [0.29, 0.717) is 22.9 Å². The van der Waals surface area contributed by atoms with Crippen molar-refractivity contribution < 1.29 is 14.3 Å². The van der Waals surface area contributed by atoms with Crippen molar-refractivity contribution in [3.63, 3.8) is 0 Å². The molecule has 1 amide bonds. The molecule has 1 fully saturated rings. The Morgan fingerprint density at radius 3 is 2.69 bits per heavy atom. The molecule has 0 spiro atoms. The minimum atomic E-state index is -0.238. The van der Waals surface area contributed by atoms with Crippen LogP contribution in [0.5, 0.6) is 11.5 Å². The molecular weight excluding hydrogens is 390 g/mol. The molecule has 2 aliphatic heterocycles. The third kappa shape index (κ3) is 3.68. The second-order valence-corrected chi connectivity index (χ2v) is 7.54. The van der Waals surface area contributed by atoms with Gasteiger partial charge < -0.3 is 24.6 Å². The van der Waals surface area contributed by atoms with Gasteiger partial charge in [-0.2, -0.15) is 0 Å². The molecule has 3 aromatic rings. The van der Waals surface area contributed by atoms with Crippen LogP contribution in [0.3, 0.4) is 0 Å². The second-order valence-electron chi connectivity index (χ2n) is 6.70. The molecule has 2 aromatic heterocycles. The minimum absolute atomic E-state index is 0.204. The van der Waals surface area contributed by atoms with Gasteiger partial charge in [0, 0.05) is 49.5 Å². The number of piperazine rings is 1. The third-order valence-corrected chi connectivity index (χ3v) is 5.78. The van der Waals surface area contributed by atoms with Crippen LogP contribution in [0, 0.1) is 0 Å². The summed E-state index contributed by atoms with van der Waals surface area (Å²) in [5.41, 5.74) is 1.06. The van der Waals surface area contributed by atoms with Crippen LogP contribution in [0.15, 0.2) is 48.0 Å². The molecule has 1 saturated heterocycles. The van der Waals surface area contributed by atoms with Crippen LogP contribution in [-0.4, -0.2) is 48.8 Å². The molecule has 29 heavy (non-hydrogen) atoms. The van der Waals surface area contributed by atoms with Gasteiger partial charge in [-0.15, -0.1) is 11.3 Å². The highest BCUT2D eigenvalue weighted by Crippen LogP contribution is 2.34. The maximum Gasteiger partial charge on any atom is 0.275 e. The number of fused-ring (bicyclic) bond motifs is 1. The highest BCUT2D eigenvalue weighted by atomic mass is 32.1. The van der Waals surface area contributed by atoms with Crippen molar-refractivity contribution in [3.8, 4) is 11.5 Å². The molecule has 0 saturated carbocycles. The smallest absolute Gasteiger partial charge is 0.275 e. The topological polar surface area (TPSA) is 79.8 Å². The number of benzene rings is 1. The second kappa shape index (κ2) is 7.59. The molecule has 2 aliphatic rings. The number of hydrogen-bond acceptors (Lipinski definition) is 8. The van der Waals surface area contributed by atoms with Crippen LogP contribution in [0.4, 0.5) is 16.6 Å². The molecule has 5 rings (SSSR count). The van der Waals surface area contributed by atoms with Crippen LogP contribution in [0.25, 0.3) is 0 Å². The van der Waals surface area contributed by atoms with Crippen LogP contribution in [-0.2, 0) is 0 Å². The van der Waals surface area contributed by atoms with E-state index in [1.165, 1.54) is 11.3 Å². The minimum Gasteiger partial charge on any atom is -0.454 e. The lowest BCUT2D eigenvalue weighted by atomic mass is 10.2. The van der Waals surface area contributed by atoms with E-state index < -0.39 is 0 Å². The maximum absolute atomic E-state index is 12.6. The van der Waals surface area contributed by atoms with Crippen LogP contribution < -0.4 is 24.6 Å². The van der Waals surface area contributed by atoms with Gasteiger partial charge in [-0.05, 0) is 24.3 Å². The summed E-state index contributed by atoms with van der Waals surface area (Å²) >= 11 is 1.49. The molecule has 0 radical (unpaired) electrons. The molecule has 148 valence electrons. The Morgan fingerprint density at radius 1 is 1.03 bits per heavy atom. The Bertz CT molecular complexity index is 1020. The Hall–Kier alpha value is -3.33. The van der Waals surface area contributed by atoms with Gasteiger partial charge in [0.2, 0.25) is 6.79 Å². The first kappa shape index (κ1) is 17.7. The molecule has 1 N–H and O–H groups in total. The van der Waals surface area contributed by atoms with Crippen molar-refractivity contribution in [2.75, 3.05) is 48.1 Å². The highest BCUT2D eigenvalue weighted by molar-refractivity contribution is 7.14. The number of nitrogens with zero attached hydrogens (tertiary/aromatic N) is 4. The third-order valence-electron chi connectivity index (χ3n) is 4.88. The van der Waals surface area contributed by atoms with E-state index in [2.05, 4.69) is 25.1 Å². The van der Waals surface area contributed by atoms with Gasteiger partial charge in [-0.1, -0.05) is 6.07 Å². The van der Waals surface area contributed by atoms with Crippen LogP contribution in [0.2, 0.25) is 0 Å². The van der Waals surface area contributed by atoms with E-state index in [-0.39, 0.29) is 12.7 Å². The van der Waals surface area contributed by atoms with Crippen molar-refractivity contribution >= 4 is 33.9 Å². The molecule has 9 heteroatoms. The van der Waals surface area contributed by atoms with Crippen LogP contribution in [0.1, 0.15) is 10.5 Å². The van der Waals surface area contributed by atoms with Gasteiger partial charge >= 0.3 is 0 Å². The first-order valence-corrected chi connectivity index (χ1v) is 10.2. The summed E-state index contributed by atoms with van der Waals surface area (Å²) in [6.07, 6.45) is 1.81. The van der Waals surface area contributed by atoms with E-state index in [1.807, 2.05) is 24.4 Å². The number of ether oxygens (including phenoxy) is 2. The zero-order valence-corrected chi connectivity index (χ0v) is 16.4. The van der Waals surface area contributed by atoms with Crippen molar-refractivity contribution in [2.24, 2.45) is 0 Å². The lowest BCUT2D eigenvalue weighted by Gasteiger charge is -2.35. The summed E-state index contributed by atoms with van der Waals surface area (Å²) in [4.78, 5) is 26.0. The number of nitrogens with one attached hydrogen (secondary N) is 1. The average molecular weight is 409 g/mol. The van der Waals surface area contributed by atoms with Gasteiger partial charge in [0.05, 0.1) is 0 Å². The van der Waals surface area contributed by atoms with E-state index in [9.17, 15) is 4.79 Å². The number of anilines is 3. The monoisotopic (exact) mass is 409 g/mol. The maximum atomic E-state index is 12.6. The number of pyridine rings is 1. The number of thiazole rings is 1. The van der Waals surface area contributed by atoms with Crippen molar-refractivity contribution in [1.29, 1.82) is 0 Å². The van der Waals surface area contributed by atoms with Gasteiger partial charge in [-0.3, -0.25) is 4.79 Å². The standard InChI is InChI=1S/C20H19N5O3S/c26-19(22-14-4-5-16-17(11-14)28-13-27-16)15-12-29-20(23-15)25-9-7-24(8-10-25)18-3-1-2-6-21-18/h1-6,11-12H,7-10,13H2,(H,22,26). The van der Waals surface area contributed by atoms with Gasteiger partial charge in [0.25, 0.3) is 5.91 Å². The fraction of sp³-hybridized carbons (Fsp3) is 0.250. The van der Waals surface area contributed by atoms with Crippen LogP contribution >= 0.6 is 11.3 Å². The number of carbonyl (C=O) groups excluding carboxylic acids is 1. The lowest BCUT2D eigenvalue weighted by Crippen LogP contribution is -2.46. The first-order chi connectivity index (χ1) is 14.3. The number of rotatable bonds is 4. The van der Waals surface area contributed by atoms with Gasteiger partial charge in [0.15, 0.2) is 16.6 Å². The summed E-state index contributed by atoms with van der Waals surface area (Å²) < 4.78 is 10.6. The number of aromatic nitrogens is 2. The number of hydrogen-bond donors (Lipinski definition) is 1. The summed E-state index contributed by atoms with van der Waals surface area (Å²) in [6.45, 7) is 3.63. The highest BCUT2D eigenvalue weighted by Gasteiger charge is 2.22. The zero-order valence-electron chi connectivity index (χ0n) is 15.6. The number of carbonyl (C=O) groups is 1. The fourth-order valence-electron chi connectivity index (χ4n) is 3.35. The quantitative estimate of drug-likeness (QED) is 0.710. The van der Waals surface area contributed by atoms with E-state index in [4.69, 9.17) is 9.47 Å². The molecule has 0 aliphatic carbocycles. The SMILES string of the molecule is O=C(Nc1ccc2c(c1)OCO2)c1csc(N2CCN(c3ccccn3)CC2)n1. The van der Waals surface area contributed by atoms with E-state index in [0.717, 1.165) is 37.1 Å². The largest absolute Gasteiger partial charge is 0.454 e. The Morgan fingerprint density at radius 2 is 1.86 bits per heavy atom. The predicted octanol–water partition coefficient (Wildman–Crippen LogP) is 2.85. The first-order valence-electron chi connectivity index (χ1n) is 9.34. The average Bonchev–Trinajstić information content (AvgIpc) is 3.44. The molecule has 0 unspecified atom stereocenters. The summed E-state index contributed by atoms with van der Waals surface area (Å²) in [5, 5.41) is 5.52. The predicted molar refractivity (Wildman–Crippen MR) is 111 cm³/mol. The normalized spacial score (nSPS) is 15.4. The molecule has 0 bridgehead atoms. The molecular formula is C20H19N5O3S. The molecule has 1 aromatic carbocycles. The zero-order chi connectivity index (χ0) is 19.6. The van der Waals surface area contributed by atoms with E-state index in [1.54, 1.807) is 23.6 Å².